The number of unbranched alkanes of at least 4 members (excludes halogenated alkanes) is 14. The molecule has 0 fully saturated rings. The van der Waals surface area contributed by atoms with Crippen LogP contribution in [0.25, 0.3) is 0 Å². The van der Waals surface area contributed by atoms with Crippen molar-refractivity contribution in [1.29, 1.82) is 0 Å². The normalized spacial score (nSPS) is 12.9. The van der Waals surface area contributed by atoms with Crippen molar-refractivity contribution in [3.8, 4) is 0 Å². The average molecular weight is 765 g/mol. The predicted molar refractivity (Wildman–Crippen MR) is 233 cm³/mol. The molecule has 0 amide bonds. The van der Waals surface area contributed by atoms with Gasteiger partial charge in [-0.15, -0.1) is 0 Å². The van der Waals surface area contributed by atoms with E-state index in [1.165, 1.54) is 77.0 Å². The Balaban J connectivity index is 4.51. The second-order valence-electron chi connectivity index (χ2n) is 14.2. The van der Waals surface area contributed by atoms with Crippen LogP contribution in [0.3, 0.4) is 0 Å². The van der Waals surface area contributed by atoms with Crippen LogP contribution in [0.5, 0.6) is 0 Å². The summed E-state index contributed by atoms with van der Waals surface area (Å²) in [5.41, 5.74) is 0. The third-order valence-electron chi connectivity index (χ3n) is 8.92. The molecule has 312 valence electrons. The molecule has 55 heavy (non-hydrogen) atoms. The molecule has 0 N–H and O–H groups in total. The number of hydrogen-bond acceptors (Lipinski definition) is 6. The minimum absolute atomic E-state index is 0.125. The molecule has 6 heteroatoms. The minimum Gasteiger partial charge on any atom is -0.462 e. The highest BCUT2D eigenvalue weighted by molar-refractivity contribution is 5.72. The number of rotatable bonds is 38. The molecule has 1 atom stereocenters. The molecular weight excluding hydrogens is 685 g/mol. The first-order valence-electron chi connectivity index (χ1n) is 22.1. The van der Waals surface area contributed by atoms with Gasteiger partial charge in [0.2, 0.25) is 0 Å². The maximum absolute atomic E-state index is 12.7. The van der Waals surface area contributed by atoms with Gasteiger partial charge in [-0.2, -0.15) is 0 Å². The van der Waals surface area contributed by atoms with Gasteiger partial charge < -0.3 is 14.2 Å². The first-order chi connectivity index (χ1) is 27.0. The molecule has 0 aliphatic rings. The largest absolute Gasteiger partial charge is 0.462 e. The Bertz CT molecular complexity index is 1110. The Kier molecular flexibility index (Phi) is 40.6. The van der Waals surface area contributed by atoms with E-state index in [-0.39, 0.29) is 38.0 Å². The van der Waals surface area contributed by atoms with Crippen molar-refractivity contribution in [2.45, 2.75) is 194 Å². The summed E-state index contributed by atoms with van der Waals surface area (Å²) in [7, 11) is 0. The summed E-state index contributed by atoms with van der Waals surface area (Å²) in [6.07, 6.45) is 54.6. The number of carbonyl (C=O) groups excluding carboxylic acids is 3. The molecule has 0 aromatic rings. The average Bonchev–Trinajstić information content (AvgIpc) is 3.18. The van der Waals surface area contributed by atoms with Gasteiger partial charge in [-0.3, -0.25) is 14.4 Å². The Hall–Kier alpha value is -3.41. The van der Waals surface area contributed by atoms with Crippen molar-refractivity contribution in [3.05, 3.63) is 85.1 Å². The lowest BCUT2D eigenvalue weighted by atomic mass is 10.1. The van der Waals surface area contributed by atoms with Gasteiger partial charge in [0.1, 0.15) is 13.2 Å². The van der Waals surface area contributed by atoms with Crippen LogP contribution in [0.2, 0.25) is 0 Å². The van der Waals surface area contributed by atoms with Gasteiger partial charge in [0, 0.05) is 12.8 Å². The number of carbonyl (C=O) groups is 3. The van der Waals surface area contributed by atoms with Crippen LogP contribution in [0.15, 0.2) is 85.1 Å². The van der Waals surface area contributed by atoms with Crippen LogP contribution in [0.1, 0.15) is 188 Å². The second-order valence-corrected chi connectivity index (χ2v) is 14.2. The Morgan fingerprint density at radius 1 is 0.400 bits per heavy atom. The lowest BCUT2D eigenvalue weighted by Gasteiger charge is -2.18. The van der Waals surface area contributed by atoms with E-state index >= 15 is 0 Å². The molecule has 0 aliphatic heterocycles. The number of esters is 3. The van der Waals surface area contributed by atoms with Crippen molar-refractivity contribution in [3.63, 3.8) is 0 Å². The van der Waals surface area contributed by atoms with Gasteiger partial charge in [-0.25, -0.2) is 0 Å². The Labute approximate surface area is 337 Å². The van der Waals surface area contributed by atoms with Crippen LogP contribution < -0.4 is 0 Å². The summed E-state index contributed by atoms with van der Waals surface area (Å²) in [5, 5.41) is 0. The fourth-order valence-electron chi connectivity index (χ4n) is 5.61. The van der Waals surface area contributed by atoms with Gasteiger partial charge in [0.15, 0.2) is 6.10 Å². The molecule has 1 unspecified atom stereocenters. The van der Waals surface area contributed by atoms with Crippen LogP contribution in [-0.2, 0) is 28.6 Å². The van der Waals surface area contributed by atoms with Gasteiger partial charge >= 0.3 is 17.9 Å². The van der Waals surface area contributed by atoms with Gasteiger partial charge in [-0.1, -0.05) is 183 Å². The molecule has 0 saturated heterocycles. The molecule has 0 heterocycles. The fraction of sp³-hybridized carbons (Fsp3) is 0.653. The standard InChI is InChI=1S/C49H80O6/c1-4-7-10-13-16-19-21-22-23-24-25-26-28-30-33-36-39-42-48(51)54-45-46(44-53-47(50)41-38-35-32-29-18-15-12-9-6-3)55-49(52)43-40-37-34-31-27-20-17-14-11-8-5-2/h9,12,16,18-19,22-23,25-26,29-30,33,35,38,46H,4-8,10-11,13-15,17,20-21,24,27-28,31-32,34,36-37,39-45H2,1-3H3/b12-9-,19-16-,23-22-,26-25-,29-18-,33-30-,38-35-. The zero-order valence-electron chi connectivity index (χ0n) is 35.4. The maximum atomic E-state index is 12.7. The van der Waals surface area contributed by atoms with Crippen molar-refractivity contribution < 1.29 is 28.6 Å². The summed E-state index contributed by atoms with van der Waals surface area (Å²) < 4.78 is 16.5. The maximum Gasteiger partial charge on any atom is 0.309 e. The fourth-order valence-corrected chi connectivity index (χ4v) is 5.61. The molecule has 6 nitrogen and oxygen atoms in total. The second kappa shape index (κ2) is 43.3. The van der Waals surface area contributed by atoms with Crippen molar-refractivity contribution in [2.75, 3.05) is 13.2 Å². The first kappa shape index (κ1) is 51.6. The van der Waals surface area contributed by atoms with E-state index in [2.05, 4.69) is 93.7 Å². The lowest BCUT2D eigenvalue weighted by molar-refractivity contribution is -0.166. The molecule has 0 aromatic carbocycles. The third kappa shape index (κ3) is 41.6. The van der Waals surface area contributed by atoms with Crippen molar-refractivity contribution in [1.82, 2.24) is 0 Å². The molecule has 0 bridgehead atoms. The highest BCUT2D eigenvalue weighted by Gasteiger charge is 2.19. The third-order valence-corrected chi connectivity index (χ3v) is 8.92. The van der Waals surface area contributed by atoms with Crippen LogP contribution in [0.4, 0.5) is 0 Å². The quantitative estimate of drug-likeness (QED) is 0.0270. The van der Waals surface area contributed by atoms with E-state index in [4.69, 9.17) is 14.2 Å². The summed E-state index contributed by atoms with van der Waals surface area (Å²) in [6, 6.07) is 0. The highest BCUT2D eigenvalue weighted by Crippen LogP contribution is 2.13. The zero-order chi connectivity index (χ0) is 40.1. The van der Waals surface area contributed by atoms with E-state index in [1.807, 2.05) is 6.08 Å². The smallest absolute Gasteiger partial charge is 0.309 e. The van der Waals surface area contributed by atoms with E-state index < -0.39 is 12.1 Å². The van der Waals surface area contributed by atoms with E-state index in [1.54, 1.807) is 6.08 Å². The Morgan fingerprint density at radius 2 is 0.800 bits per heavy atom. The summed E-state index contributed by atoms with van der Waals surface area (Å²) in [5.74, 6) is -1.12. The number of hydrogen-bond donors (Lipinski definition) is 0. The molecular formula is C49H80O6. The van der Waals surface area contributed by atoms with Crippen LogP contribution >= 0.6 is 0 Å². The number of ether oxygens (including phenoxy) is 3. The SMILES string of the molecule is CC/C=C\C/C=C\C/C=C\CC(=O)OCC(COC(=O)CCC/C=C\C/C=C\C/C=C\C/C=C\CCCCC)OC(=O)CCCCCCCCCCCCC. The van der Waals surface area contributed by atoms with Crippen molar-refractivity contribution in [2.24, 2.45) is 0 Å². The first-order valence-corrected chi connectivity index (χ1v) is 22.1. The van der Waals surface area contributed by atoms with Crippen LogP contribution in [-0.4, -0.2) is 37.2 Å². The zero-order valence-corrected chi connectivity index (χ0v) is 35.4. The van der Waals surface area contributed by atoms with Gasteiger partial charge in [0.05, 0.1) is 6.42 Å². The lowest BCUT2D eigenvalue weighted by Crippen LogP contribution is -2.30. The topological polar surface area (TPSA) is 78.9 Å². The number of allylic oxidation sites excluding steroid dienone is 13. The van der Waals surface area contributed by atoms with Gasteiger partial charge in [-0.05, 0) is 70.6 Å². The molecule has 0 radical (unpaired) electrons. The predicted octanol–water partition coefficient (Wildman–Crippen LogP) is 14.1. The van der Waals surface area contributed by atoms with Crippen LogP contribution in [0, 0.1) is 0 Å². The molecule has 0 saturated carbocycles. The monoisotopic (exact) mass is 765 g/mol. The Morgan fingerprint density at radius 3 is 1.33 bits per heavy atom. The van der Waals surface area contributed by atoms with E-state index in [0.29, 0.717) is 12.8 Å². The molecule has 0 aliphatic carbocycles. The summed E-state index contributed by atoms with van der Waals surface area (Å²) in [4.78, 5) is 37.5. The van der Waals surface area contributed by atoms with E-state index in [9.17, 15) is 14.4 Å². The molecule has 0 aromatic heterocycles. The van der Waals surface area contributed by atoms with Crippen molar-refractivity contribution >= 4 is 17.9 Å². The molecule has 0 rings (SSSR count). The van der Waals surface area contributed by atoms with Gasteiger partial charge in [0.25, 0.3) is 0 Å². The highest BCUT2D eigenvalue weighted by atomic mass is 16.6. The van der Waals surface area contributed by atoms with E-state index in [0.717, 1.165) is 64.2 Å². The molecule has 0 spiro atoms. The summed E-state index contributed by atoms with van der Waals surface area (Å²) >= 11 is 0. The minimum atomic E-state index is -0.829. The summed E-state index contributed by atoms with van der Waals surface area (Å²) in [6.45, 7) is 6.31.